The lowest BCUT2D eigenvalue weighted by Crippen LogP contribution is -2.41. The van der Waals surface area contributed by atoms with Crippen LogP contribution in [0, 0.1) is 17.8 Å². The van der Waals surface area contributed by atoms with E-state index in [0.29, 0.717) is 5.69 Å². The summed E-state index contributed by atoms with van der Waals surface area (Å²) in [5.74, 6) is -2.14. The number of esters is 1. The summed E-state index contributed by atoms with van der Waals surface area (Å²) >= 11 is 0. The highest BCUT2D eigenvalue weighted by molar-refractivity contribution is 6.25. The number of nitrogens with zero attached hydrogens (tertiary/aromatic N) is 1. The third kappa shape index (κ3) is 2.82. The van der Waals surface area contributed by atoms with Crippen molar-refractivity contribution in [1.29, 1.82) is 0 Å². The van der Waals surface area contributed by atoms with Gasteiger partial charge in [0.05, 0.1) is 29.7 Å². The number of carbonyl (C=O) groups is 3. The van der Waals surface area contributed by atoms with E-state index in [1.165, 1.54) is 4.90 Å². The molecular weight excluding hydrogens is 426 g/mol. The second-order valence-electron chi connectivity index (χ2n) is 9.79. The highest BCUT2D eigenvalue weighted by Gasteiger charge is 2.62. The molecule has 1 fully saturated rings. The number of benzene rings is 3. The van der Waals surface area contributed by atoms with Gasteiger partial charge in [0.1, 0.15) is 0 Å². The fraction of sp³-hybridized carbons (Fsp3) is 0.276. The minimum atomic E-state index is -0.519. The average molecular weight is 452 g/mol. The van der Waals surface area contributed by atoms with Crippen molar-refractivity contribution in [3.8, 4) is 0 Å². The summed E-state index contributed by atoms with van der Waals surface area (Å²) in [6.45, 7) is 4.19. The van der Waals surface area contributed by atoms with Crippen LogP contribution in [-0.4, -0.2) is 24.4 Å². The van der Waals surface area contributed by atoms with E-state index in [2.05, 4.69) is 24.3 Å². The van der Waals surface area contributed by atoms with Gasteiger partial charge in [0.2, 0.25) is 11.8 Å². The average Bonchev–Trinajstić information content (AvgIpc) is 3.13. The Balaban J connectivity index is 1.46. The number of anilines is 1. The van der Waals surface area contributed by atoms with E-state index >= 15 is 0 Å². The number of hydrogen-bond donors (Lipinski definition) is 0. The zero-order valence-electron chi connectivity index (χ0n) is 19.1. The van der Waals surface area contributed by atoms with E-state index < -0.39 is 17.8 Å². The van der Waals surface area contributed by atoms with Gasteiger partial charge in [-0.2, -0.15) is 0 Å². The van der Waals surface area contributed by atoms with Crippen molar-refractivity contribution < 1.29 is 19.1 Å². The summed E-state index contributed by atoms with van der Waals surface area (Å²) in [5, 5.41) is 0. The standard InChI is InChI=1S/C29H25NO4/c1-16(2)15-34-29(33)21-13-7-8-14-22(21)30-27(31)25-23-17-9-3-4-10-18(17)24(26(25)28(30)32)20-12-6-5-11-19(20)23/h3-14,16,23-26H,15H2,1-2H3/t23?,24?,25-,26-/m0/s1. The smallest absolute Gasteiger partial charge is 0.340 e. The van der Waals surface area contributed by atoms with Crippen LogP contribution in [0.2, 0.25) is 0 Å². The lowest BCUT2D eigenvalue weighted by molar-refractivity contribution is -0.122. The van der Waals surface area contributed by atoms with Crippen LogP contribution < -0.4 is 4.90 Å². The SMILES string of the molecule is CC(C)COC(=O)c1ccccc1N1C(=O)[C@H]2C3c4ccccc4C(c4ccccc43)[C@@H]2C1=O. The number of ether oxygens (including phenoxy) is 1. The molecule has 0 aromatic heterocycles. The molecule has 170 valence electrons. The Hall–Kier alpha value is -3.73. The van der Waals surface area contributed by atoms with Gasteiger partial charge in [0.25, 0.3) is 0 Å². The maximum Gasteiger partial charge on any atom is 0.340 e. The van der Waals surface area contributed by atoms with Gasteiger partial charge in [-0.1, -0.05) is 74.5 Å². The summed E-state index contributed by atoms with van der Waals surface area (Å²) in [6, 6.07) is 23.1. The molecule has 1 aliphatic heterocycles. The van der Waals surface area contributed by atoms with Crippen LogP contribution in [0.15, 0.2) is 72.8 Å². The fourth-order valence-electron chi connectivity index (χ4n) is 6.08. The first-order chi connectivity index (χ1) is 16.5. The third-order valence-corrected chi connectivity index (χ3v) is 7.36. The molecule has 4 aliphatic rings. The number of para-hydroxylation sites is 1. The molecule has 2 bridgehead atoms. The highest BCUT2D eigenvalue weighted by atomic mass is 16.5. The largest absolute Gasteiger partial charge is 0.462 e. The van der Waals surface area contributed by atoms with Gasteiger partial charge >= 0.3 is 5.97 Å². The zero-order chi connectivity index (χ0) is 23.6. The second kappa shape index (κ2) is 7.66. The van der Waals surface area contributed by atoms with E-state index in [9.17, 15) is 14.4 Å². The number of carbonyl (C=O) groups excluding carboxylic acids is 3. The molecule has 3 aliphatic carbocycles. The van der Waals surface area contributed by atoms with Crippen molar-refractivity contribution in [2.45, 2.75) is 25.7 Å². The van der Waals surface area contributed by atoms with Crippen LogP contribution in [0.4, 0.5) is 5.69 Å². The molecular formula is C29H25NO4. The van der Waals surface area contributed by atoms with Crippen LogP contribution >= 0.6 is 0 Å². The van der Waals surface area contributed by atoms with E-state index in [4.69, 9.17) is 4.74 Å². The van der Waals surface area contributed by atoms with Gasteiger partial charge in [-0.15, -0.1) is 0 Å². The monoisotopic (exact) mass is 451 g/mol. The summed E-state index contributed by atoms with van der Waals surface area (Å²) < 4.78 is 5.45. The Labute approximate surface area is 198 Å². The summed E-state index contributed by atoms with van der Waals surface area (Å²) in [5.41, 5.74) is 5.05. The van der Waals surface area contributed by atoms with Crippen molar-refractivity contribution in [3.63, 3.8) is 0 Å². The molecule has 2 atom stereocenters. The Morgan fingerprint density at radius 1 is 0.765 bits per heavy atom. The molecule has 5 heteroatoms. The van der Waals surface area contributed by atoms with Gasteiger partial charge in [0.15, 0.2) is 0 Å². The lowest BCUT2D eigenvalue weighted by Gasteiger charge is -2.45. The highest BCUT2D eigenvalue weighted by Crippen LogP contribution is 2.61. The molecule has 1 heterocycles. The van der Waals surface area contributed by atoms with Gasteiger partial charge in [0, 0.05) is 11.8 Å². The maximum absolute atomic E-state index is 14.0. The molecule has 2 amide bonds. The van der Waals surface area contributed by atoms with Crippen LogP contribution in [0.1, 0.15) is 58.3 Å². The Morgan fingerprint density at radius 2 is 1.21 bits per heavy atom. The van der Waals surface area contributed by atoms with Crippen molar-refractivity contribution in [3.05, 3.63) is 101 Å². The summed E-state index contributed by atoms with van der Waals surface area (Å²) in [7, 11) is 0. The number of hydrogen-bond acceptors (Lipinski definition) is 4. The van der Waals surface area contributed by atoms with E-state index in [1.807, 2.05) is 38.1 Å². The first-order valence-electron chi connectivity index (χ1n) is 11.8. The molecule has 0 radical (unpaired) electrons. The first kappa shape index (κ1) is 20.8. The first-order valence-corrected chi connectivity index (χ1v) is 11.8. The zero-order valence-corrected chi connectivity index (χ0v) is 19.1. The van der Waals surface area contributed by atoms with Crippen molar-refractivity contribution in [2.24, 2.45) is 17.8 Å². The number of imide groups is 1. The molecule has 3 aromatic rings. The van der Waals surface area contributed by atoms with Crippen LogP contribution in [0.5, 0.6) is 0 Å². The van der Waals surface area contributed by atoms with Crippen molar-refractivity contribution >= 4 is 23.5 Å². The molecule has 34 heavy (non-hydrogen) atoms. The fourth-order valence-corrected chi connectivity index (χ4v) is 6.08. The van der Waals surface area contributed by atoms with Gasteiger partial charge < -0.3 is 4.74 Å². The van der Waals surface area contributed by atoms with Crippen molar-refractivity contribution in [1.82, 2.24) is 0 Å². The Bertz CT molecular complexity index is 1230. The molecule has 0 unspecified atom stereocenters. The van der Waals surface area contributed by atoms with Gasteiger partial charge in [-0.25, -0.2) is 9.69 Å². The normalized spacial score (nSPS) is 24.1. The van der Waals surface area contributed by atoms with E-state index in [-0.39, 0.29) is 41.7 Å². The minimum Gasteiger partial charge on any atom is -0.462 e. The Kier molecular flexibility index (Phi) is 4.70. The summed E-state index contributed by atoms with van der Waals surface area (Å²) in [4.78, 5) is 42.0. The third-order valence-electron chi connectivity index (χ3n) is 7.36. The second-order valence-corrected chi connectivity index (χ2v) is 9.79. The Morgan fingerprint density at radius 3 is 1.68 bits per heavy atom. The molecule has 5 nitrogen and oxygen atoms in total. The predicted octanol–water partition coefficient (Wildman–Crippen LogP) is 4.90. The number of amides is 2. The van der Waals surface area contributed by atoms with Crippen LogP contribution in [-0.2, 0) is 14.3 Å². The van der Waals surface area contributed by atoms with E-state index in [0.717, 1.165) is 22.3 Å². The van der Waals surface area contributed by atoms with Gasteiger partial charge in [-0.05, 0) is 40.3 Å². The molecule has 7 rings (SSSR count). The lowest BCUT2D eigenvalue weighted by atomic mass is 9.55. The van der Waals surface area contributed by atoms with Crippen molar-refractivity contribution in [2.75, 3.05) is 11.5 Å². The molecule has 0 saturated carbocycles. The predicted molar refractivity (Wildman–Crippen MR) is 128 cm³/mol. The molecule has 0 N–H and O–H groups in total. The maximum atomic E-state index is 14.0. The molecule has 1 saturated heterocycles. The van der Waals surface area contributed by atoms with E-state index in [1.54, 1.807) is 24.3 Å². The van der Waals surface area contributed by atoms with Gasteiger partial charge in [-0.3, -0.25) is 9.59 Å². The summed E-state index contributed by atoms with van der Waals surface area (Å²) in [6.07, 6.45) is 0. The molecule has 3 aromatic carbocycles. The quantitative estimate of drug-likeness (QED) is 0.418. The number of rotatable bonds is 4. The molecule has 0 spiro atoms. The van der Waals surface area contributed by atoms with Crippen LogP contribution in [0.25, 0.3) is 0 Å². The minimum absolute atomic E-state index is 0.177. The van der Waals surface area contributed by atoms with Crippen LogP contribution in [0.3, 0.4) is 0 Å². The topological polar surface area (TPSA) is 63.7 Å².